The van der Waals surface area contributed by atoms with Gasteiger partial charge in [0, 0.05) is 0 Å². The van der Waals surface area contributed by atoms with E-state index in [0.717, 1.165) is 17.8 Å². The number of hydrogen-bond acceptors (Lipinski definition) is 0. The summed E-state index contributed by atoms with van der Waals surface area (Å²) >= 11 is 5.61. The van der Waals surface area contributed by atoms with Crippen molar-refractivity contribution in [2.75, 3.05) is 11.5 Å². The second kappa shape index (κ2) is 15.3. The summed E-state index contributed by atoms with van der Waals surface area (Å²) in [4.78, 5) is 10.4. The molecule has 0 aliphatic rings. The van der Waals surface area contributed by atoms with Gasteiger partial charge in [0.15, 0.2) is 0 Å². The van der Waals surface area contributed by atoms with Gasteiger partial charge < -0.3 is 0 Å². The Labute approximate surface area is 150 Å². The molecule has 0 saturated heterocycles. The van der Waals surface area contributed by atoms with Gasteiger partial charge in [-0.1, -0.05) is 0 Å². The summed E-state index contributed by atoms with van der Waals surface area (Å²) in [5, 5.41) is 0. The van der Waals surface area contributed by atoms with E-state index in [1.807, 2.05) is 0 Å². The molecule has 0 aromatic rings. The molecule has 0 aromatic heterocycles. The van der Waals surface area contributed by atoms with Crippen LogP contribution in [0.2, 0.25) is 0 Å². The van der Waals surface area contributed by atoms with Gasteiger partial charge in [-0.15, -0.1) is 0 Å². The summed E-state index contributed by atoms with van der Waals surface area (Å²) in [5.74, 6) is 2.49. The molecule has 0 aliphatic heterocycles. The van der Waals surface area contributed by atoms with Crippen molar-refractivity contribution in [3.05, 3.63) is 0 Å². The van der Waals surface area contributed by atoms with E-state index in [4.69, 9.17) is 0 Å². The van der Waals surface area contributed by atoms with E-state index in [2.05, 4.69) is 26.1 Å². The van der Waals surface area contributed by atoms with Gasteiger partial charge in [-0.25, -0.2) is 0 Å². The van der Waals surface area contributed by atoms with Gasteiger partial charge in [0.2, 0.25) is 0 Å². The molecular weight excluding hydrogens is 369 g/mol. The van der Waals surface area contributed by atoms with Crippen LogP contribution in [-0.4, -0.2) is 16.4 Å². The zero-order valence-electron chi connectivity index (χ0n) is 14.4. The molecule has 0 spiro atoms. The average molecular weight is 405 g/mol. The third kappa shape index (κ3) is 15.0. The van der Waals surface area contributed by atoms with Crippen molar-refractivity contribution in [1.29, 1.82) is 0 Å². The van der Waals surface area contributed by atoms with Crippen LogP contribution in [0.1, 0.15) is 90.9 Å². The van der Waals surface area contributed by atoms with Crippen LogP contribution in [0, 0.1) is 0 Å². The maximum absolute atomic E-state index is 10.4. The van der Waals surface area contributed by atoms with E-state index in [-0.39, 0.29) is 10.1 Å². The zero-order valence-corrected chi connectivity index (χ0v) is 19.9. The fourth-order valence-corrected chi connectivity index (χ4v) is 13.2. The fourth-order valence-electron chi connectivity index (χ4n) is 2.49. The summed E-state index contributed by atoms with van der Waals surface area (Å²) in [6.45, 7) is 4.54. The Balaban J connectivity index is 3.86. The Morgan fingerprint density at radius 2 is 1.10 bits per heavy atom. The molecule has 0 radical (unpaired) electrons. The van der Waals surface area contributed by atoms with Gasteiger partial charge in [0.25, 0.3) is 0 Å². The number of unbranched alkanes of at least 4 members (excludes halogenated alkanes) is 10. The maximum atomic E-state index is 10.4. The molecule has 0 bridgehead atoms. The Morgan fingerprint density at radius 1 is 0.762 bits per heavy atom. The Kier molecular flexibility index (Phi) is 16.5. The summed E-state index contributed by atoms with van der Waals surface area (Å²) in [6, 6.07) is 0. The van der Waals surface area contributed by atoms with E-state index in [1.165, 1.54) is 88.6 Å². The summed E-state index contributed by atoms with van der Waals surface area (Å²) in [6.07, 6.45) is 16.3. The first-order valence-corrected chi connectivity index (χ1v) is 18.1. The number of rotatable bonds is 14. The molecule has 0 saturated carbocycles. The predicted octanol–water partition coefficient (Wildman–Crippen LogP) is 6.47. The molecule has 0 rings (SSSR count). The number of thiol groups is 1. The van der Waals surface area contributed by atoms with Crippen LogP contribution in [-0.2, 0) is 27.9 Å². The van der Waals surface area contributed by atoms with Crippen LogP contribution in [0.5, 0.6) is 0 Å². The molecule has 1 N–H and O–H groups in total. The van der Waals surface area contributed by atoms with Crippen LogP contribution < -0.4 is 0 Å². The Morgan fingerprint density at radius 3 is 1.43 bits per heavy atom. The van der Waals surface area contributed by atoms with Gasteiger partial charge in [0.05, 0.1) is 0 Å². The molecule has 1 unspecified atom stereocenters. The molecule has 5 heteroatoms. The van der Waals surface area contributed by atoms with Crippen LogP contribution >= 0.6 is 16.0 Å². The number of hydrogen-bond donors (Lipinski definition) is 2. The molecule has 21 heavy (non-hydrogen) atoms. The van der Waals surface area contributed by atoms with Crippen molar-refractivity contribution < 1.29 is 22.7 Å². The van der Waals surface area contributed by atoms with E-state index in [0.29, 0.717) is 0 Å². The quantitative estimate of drug-likeness (QED) is 0.147. The Bertz CT molecular complexity index is 266. The molecule has 0 aromatic carbocycles. The molecule has 125 valence electrons. The molecule has 0 fully saturated rings. The second-order valence-electron chi connectivity index (χ2n) is 6.07. The minimum atomic E-state index is -1.80. The first kappa shape index (κ1) is 22.7. The monoisotopic (exact) mass is 403 g/mol. The molecular formula is C16H36OPS2Zn. The topological polar surface area (TPSA) is 20.2 Å². The van der Waals surface area contributed by atoms with E-state index in [1.54, 1.807) is 0 Å². The van der Waals surface area contributed by atoms with Crippen molar-refractivity contribution in [3.8, 4) is 0 Å². The van der Waals surface area contributed by atoms with Crippen molar-refractivity contribution in [2.45, 2.75) is 90.9 Å². The molecule has 1 nitrogen and oxygen atoms in total. The summed E-state index contributed by atoms with van der Waals surface area (Å²) < 4.78 is -1.80. The van der Waals surface area contributed by atoms with Gasteiger partial charge in [-0.2, -0.15) is 0 Å². The Hall–Kier alpha value is 1.71. The SMILES string of the molecule is CCCCCCCCS(CCCCCCCC)=[P](O)(S)[Zn]. The van der Waals surface area contributed by atoms with Gasteiger partial charge in [-0.05, 0) is 0 Å². The van der Waals surface area contributed by atoms with E-state index < -0.39 is 3.80 Å². The zero-order chi connectivity index (χ0) is 16.0. The van der Waals surface area contributed by atoms with Crippen LogP contribution in [0.3, 0.4) is 0 Å². The fraction of sp³-hybridized carbons (Fsp3) is 1.00. The summed E-state index contributed by atoms with van der Waals surface area (Å²) in [5.41, 5.74) is 0. The van der Waals surface area contributed by atoms with Gasteiger partial charge in [-0.3, -0.25) is 0 Å². The first-order valence-electron chi connectivity index (χ1n) is 8.89. The molecule has 1 atom stereocenters. The van der Waals surface area contributed by atoms with E-state index in [9.17, 15) is 4.89 Å². The van der Waals surface area contributed by atoms with Gasteiger partial charge in [0.1, 0.15) is 0 Å². The third-order valence-electron chi connectivity index (χ3n) is 3.88. The first-order chi connectivity index (χ1) is 10.0. The van der Waals surface area contributed by atoms with E-state index >= 15 is 0 Å². The molecule has 0 aliphatic carbocycles. The van der Waals surface area contributed by atoms with Gasteiger partial charge >= 0.3 is 151 Å². The second-order valence-corrected chi connectivity index (χ2v) is 27.3. The normalized spacial score (nSPS) is 14.6. The van der Waals surface area contributed by atoms with Crippen molar-refractivity contribution in [2.24, 2.45) is 0 Å². The van der Waals surface area contributed by atoms with Crippen LogP contribution in [0.4, 0.5) is 0 Å². The average Bonchev–Trinajstić information content (AvgIpc) is 2.42. The predicted molar refractivity (Wildman–Crippen MR) is 102 cm³/mol. The third-order valence-corrected chi connectivity index (χ3v) is 18.8. The van der Waals surface area contributed by atoms with Crippen molar-refractivity contribution >= 4 is 26.1 Å². The van der Waals surface area contributed by atoms with Crippen molar-refractivity contribution in [1.82, 2.24) is 0 Å². The minimum absolute atomic E-state index is 0.230. The van der Waals surface area contributed by atoms with Crippen molar-refractivity contribution in [3.63, 3.8) is 0 Å². The molecule has 0 amide bonds. The molecule has 0 heterocycles. The standard InChI is InChI=1S/C16H36OPS2.Zn/c1-3-5-7-9-11-13-15-20(18(17)19)16-14-12-10-8-6-4-2;/h17,19H,3-16H2,1-2H3;/q+1;-1. The summed E-state index contributed by atoms with van der Waals surface area (Å²) in [7, 11) is 0.230. The van der Waals surface area contributed by atoms with Crippen LogP contribution in [0.15, 0.2) is 0 Å². The van der Waals surface area contributed by atoms with Crippen LogP contribution in [0.25, 0.3) is 0 Å².